The first-order valence-corrected chi connectivity index (χ1v) is 6.00. The van der Waals surface area contributed by atoms with Gasteiger partial charge in [0.1, 0.15) is 0 Å². The molecule has 0 spiro atoms. The van der Waals surface area contributed by atoms with Gasteiger partial charge in [-0.05, 0) is 24.8 Å². The van der Waals surface area contributed by atoms with Crippen LogP contribution in [0, 0.1) is 5.92 Å². The molecule has 0 fully saturated rings. The lowest BCUT2D eigenvalue weighted by atomic mass is 10.0. The lowest BCUT2D eigenvalue weighted by Gasteiger charge is -2.27. The van der Waals surface area contributed by atoms with Crippen LogP contribution in [0.2, 0.25) is 0 Å². The van der Waals surface area contributed by atoms with E-state index in [1.54, 1.807) is 7.05 Å². The van der Waals surface area contributed by atoms with Gasteiger partial charge < -0.3 is 19.9 Å². The fourth-order valence-electron chi connectivity index (χ4n) is 1.64. The van der Waals surface area contributed by atoms with Crippen molar-refractivity contribution in [2.45, 2.75) is 32.5 Å². The molecular formula is C12H21NO4. The van der Waals surface area contributed by atoms with Crippen LogP contribution < -0.4 is 5.32 Å². The highest BCUT2D eigenvalue weighted by Gasteiger charge is 2.24. The first kappa shape index (κ1) is 14.0. The summed E-state index contributed by atoms with van der Waals surface area (Å²) in [5.74, 6) is 0.373. The van der Waals surface area contributed by atoms with Gasteiger partial charge in [-0.15, -0.1) is 0 Å². The number of hydrogen-bond donors (Lipinski definition) is 2. The number of likely N-dealkylation sites (N-methyl/N-ethyl adjacent to an activating group) is 1. The van der Waals surface area contributed by atoms with Crippen LogP contribution in [0.5, 0.6) is 0 Å². The molecule has 2 N–H and O–H groups in total. The standard InChI is InChI=1S/C12H21NO4/c1-9-7-10(12(15)13-2)17-11(8-9)16-6-4-3-5-14/h7,9,11,14H,3-6,8H2,1-2H3,(H,13,15)/t9-,11+/m0/s1. The molecule has 0 aromatic heterocycles. The highest BCUT2D eigenvalue weighted by atomic mass is 16.7. The highest BCUT2D eigenvalue weighted by Crippen LogP contribution is 2.22. The van der Waals surface area contributed by atoms with E-state index >= 15 is 0 Å². The number of nitrogens with one attached hydrogen (secondary N) is 1. The minimum atomic E-state index is -0.360. The number of carbonyl (C=O) groups excluding carboxylic acids is 1. The Balaban J connectivity index is 2.39. The number of aliphatic hydroxyl groups is 1. The summed E-state index contributed by atoms with van der Waals surface area (Å²) in [5.41, 5.74) is 0. The molecule has 1 heterocycles. The van der Waals surface area contributed by atoms with Crippen LogP contribution in [0.4, 0.5) is 0 Å². The first-order chi connectivity index (χ1) is 8.17. The van der Waals surface area contributed by atoms with Crippen molar-refractivity contribution in [2.24, 2.45) is 5.92 Å². The summed E-state index contributed by atoms with van der Waals surface area (Å²) in [7, 11) is 1.57. The maximum Gasteiger partial charge on any atom is 0.285 e. The second-order valence-corrected chi connectivity index (χ2v) is 4.17. The Hall–Kier alpha value is -1.07. The Morgan fingerprint density at radius 1 is 1.65 bits per heavy atom. The second kappa shape index (κ2) is 7.29. The lowest BCUT2D eigenvalue weighted by molar-refractivity contribution is -0.148. The van der Waals surface area contributed by atoms with Gasteiger partial charge in [0.2, 0.25) is 6.29 Å². The Morgan fingerprint density at radius 2 is 2.41 bits per heavy atom. The zero-order valence-corrected chi connectivity index (χ0v) is 10.4. The number of rotatable bonds is 6. The van der Waals surface area contributed by atoms with Gasteiger partial charge in [-0.25, -0.2) is 0 Å². The van der Waals surface area contributed by atoms with E-state index in [0.717, 1.165) is 19.3 Å². The number of amides is 1. The molecule has 5 heteroatoms. The number of unbranched alkanes of at least 4 members (excludes halogenated alkanes) is 1. The molecule has 0 saturated carbocycles. The normalized spacial score (nSPS) is 23.8. The number of hydrogen-bond acceptors (Lipinski definition) is 4. The van der Waals surface area contributed by atoms with E-state index in [4.69, 9.17) is 14.6 Å². The summed E-state index contributed by atoms with van der Waals surface area (Å²) >= 11 is 0. The molecule has 1 aliphatic heterocycles. The van der Waals surface area contributed by atoms with E-state index in [1.165, 1.54) is 0 Å². The van der Waals surface area contributed by atoms with E-state index in [-0.39, 0.29) is 24.7 Å². The summed E-state index contributed by atoms with van der Waals surface area (Å²) in [4.78, 5) is 11.4. The van der Waals surface area contributed by atoms with Gasteiger partial charge in [-0.2, -0.15) is 0 Å². The Bertz CT molecular complexity index is 278. The van der Waals surface area contributed by atoms with Gasteiger partial charge in [0, 0.05) is 20.1 Å². The van der Waals surface area contributed by atoms with Crippen LogP contribution in [0.3, 0.4) is 0 Å². The Kier molecular flexibility index (Phi) is 6.00. The molecule has 1 amide bonds. The third-order valence-electron chi connectivity index (χ3n) is 2.57. The molecule has 0 saturated heterocycles. The molecule has 0 radical (unpaired) electrons. The van der Waals surface area contributed by atoms with Crippen molar-refractivity contribution in [3.63, 3.8) is 0 Å². The van der Waals surface area contributed by atoms with Crippen LogP contribution in [0.25, 0.3) is 0 Å². The van der Waals surface area contributed by atoms with Gasteiger partial charge in [0.15, 0.2) is 5.76 Å². The van der Waals surface area contributed by atoms with Crippen LogP contribution in [-0.2, 0) is 14.3 Å². The predicted octanol–water partition coefficient (Wildman–Crippen LogP) is 0.788. The molecule has 17 heavy (non-hydrogen) atoms. The summed E-state index contributed by atoms with van der Waals surface area (Å²) < 4.78 is 11.0. The average Bonchev–Trinajstić information content (AvgIpc) is 2.33. The van der Waals surface area contributed by atoms with E-state index < -0.39 is 0 Å². The zero-order valence-electron chi connectivity index (χ0n) is 10.4. The fraction of sp³-hybridized carbons (Fsp3) is 0.750. The molecule has 0 aromatic carbocycles. The van der Waals surface area contributed by atoms with Crippen LogP contribution >= 0.6 is 0 Å². The van der Waals surface area contributed by atoms with E-state index in [2.05, 4.69) is 5.32 Å². The number of allylic oxidation sites excluding steroid dienone is 1. The Morgan fingerprint density at radius 3 is 3.06 bits per heavy atom. The molecule has 0 aliphatic carbocycles. The van der Waals surface area contributed by atoms with E-state index in [1.807, 2.05) is 13.0 Å². The third-order valence-corrected chi connectivity index (χ3v) is 2.57. The van der Waals surface area contributed by atoms with Gasteiger partial charge in [0.05, 0.1) is 6.61 Å². The van der Waals surface area contributed by atoms with Gasteiger partial charge in [0.25, 0.3) is 5.91 Å². The van der Waals surface area contributed by atoms with E-state index in [0.29, 0.717) is 12.4 Å². The van der Waals surface area contributed by atoms with Crippen molar-refractivity contribution < 1.29 is 19.4 Å². The van der Waals surface area contributed by atoms with Crippen molar-refractivity contribution in [3.05, 3.63) is 11.8 Å². The molecule has 5 nitrogen and oxygen atoms in total. The lowest BCUT2D eigenvalue weighted by Crippen LogP contribution is -2.31. The second-order valence-electron chi connectivity index (χ2n) is 4.17. The summed E-state index contributed by atoms with van der Waals surface area (Å²) in [5, 5.41) is 11.2. The van der Waals surface area contributed by atoms with E-state index in [9.17, 15) is 4.79 Å². The van der Waals surface area contributed by atoms with Crippen LogP contribution in [0.15, 0.2) is 11.8 Å². The predicted molar refractivity (Wildman–Crippen MR) is 63.1 cm³/mol. The largest absolute Gasteiger partial charge is 0.459 e. The number of ether oxygens (including phenoxy) is 2. The molecule has 1 aliphatic rings. The molecule has 2 atom stereocenters. The first-order valence-electron chi connectivity index (χ1n) is 6.00. The van der Waals surface area contributed by atoms with Crippen molar-refractivity contribution in [2.75, 3.05) is 20.3 Å². The number of carbonyl (C=O) groups is 1. The minimum Gasteiger partial charge on any atom is -0.459 e. The highest BCUT2D eigenvalue weighted by molar-refractivity contribution is 5.91. The van der Waals surface area contributed by atoms with Crippen molar-refractivity contribution in [1.82, 2.24) is 5.32 Å². The van der Waals surface area contributed by atoms with Gasteiger partial charge >= 0.3 is 0 Å². The quantitative estimate of drug-likeness (QED) is 0.677. The molecule has 98 valence electrons. The smallest absolute Gasteiger partial charge is 0.285 e. The van der Waals surface area contributed by atoms with Crippen molar-refractivity contribution in [3.8, 4) is 0 Å². The van der Waals surface area contributed by atoms with Crippen molar-refractivity contribution in [1.29, 1.82) is 0 Å². The summed E-state index contributed by atoms with van der Waals surface area (Å²) in [6, 6.07) is 0. The third kappa shape index (κ3) is 4.75. The zero-order chi connectivity index (χ0) is 12.7. The van der Waals surface area contributed by atoms with Crippen molar-refractivity contribution >= 4 is 5.91 Å². The minimum absolute atomic E-state index is 0.175. The maximum absolute atomic E-state index is 11.4. The SMILES string of the molecule is CNC(=O)C1=C[C@H](C)C[C@H](OCCCCO)O1. The molecular weight excluding hydrogens is 222 g/mol. The van der Waals surface area contributed by atoms with Gasteiger partial charge in [-0.3, -0.25) is 4.79 Å². The monoisotopic (exact) mass is 243 g/mol. The molecule has 0 bridgehead atoms. The maximum atomic E-state index is 11.4. The number of aliphatic hydroxyl groups excluding tert-OH is 1. The Labute approximate surface area is 102 Å². The van der Waals surface area contributed by atoms with Gasteiger partial charge in [-0.1, -0.05) is 6.92 Å². The molecule has 0 aromatic rings. The van der Waals surface area contributed by atoms with Crippen LogP contribution in [-0.4, -0.2) is 37.6 Å². The molecule has 1 rings (SSSR count). The molecule has 0 unspecified atom stereocenters. The summed E-state index contributed by atoms with van der Waals surface area (Å²) in [6.07, 6.45) is 3.72. The summed E-state index contributed by atoms with van der Waals surface area (Å²) in [6.45, 7) is 2.74. The fourth-order valence-corrected chi connectivity index (χ4v) is 1.64. The average molecular weight is 243 g/mol. The topological polar surface area (TPSA) is 67.8 Å². The van der Waals surface area contributed by atoms with Crippen LogP contribution in [0.1, 0.15) is 26.2 Å².